The molecule has 0 spiro atoms. The van der Waals surface area contributed by atoms with E-state index in [1.807, 2.05) is 13.8 Å². The van der Waals surface area contributed by atoms with Gasteiger partial charge in [0, 0.05) is 10.9 Å². The Labute approximate surface area is 194 Å². The van der Waals surface area contributed by atoms with E-state index in [4.69, 9.17) is 0 Å². The number of aromatic nitrogens is 1. The van der Waals surface area contributed by atoms with E-state index in [-0.39, 0.29) is 11.6 Å². The molecule has 35 heavy (non-hydrogen) atoms. The van der Waals surface area contributed by atoms with Crippen LogP contribution in [0.1, 0.15) is 31.7 Å². The Morgan fingerprint density at radius 3 is 1.77 bits per heavy atom. The predicted octanol–water partition coefficient (Wildman–Crippen LogP) is 7.16. The third kappa shape index (κ3) is 3.36. The van der Waals surface area contributed by atoms with Crippen LogP contribution in [-0.2, 0) is 4.79 Å². The van der Waals surface area contributed by atoms with Crippen LogP contribution in [0.5, 0.6) is 0 Å². The van der Waals surface area contributed by atoms with Gasteiger partial charge >= 0.3 is 35.3 Å². The summed E-state index contributed by atoms with van der Waals surface area (Å²) in [6.07, 6.45) is 0.816. The molecule has 1 aromatic heterocycles. The Bertz CT molecular complexity index is 1080. The number of carbonyl (C=O) groups is 1. The molecule has 1 aliphatic rings. The largest absolute Gasteiger partial charge is 0.384 e. The van der Waals surface area contributed by atoms with Crippen LogP contribution >= 0.6 is 11.3 Å². The van der Waals surface area contributed by atoms with E-state index in [1.165, 1.54) is 0 Å². The standard InChI is InChI=1S/C20H15F11N2OS/c1-3-9(2)10-4-6-11(7-5-10)12-8-35-14(32-12)33-13(34)15(21)16(22,23)18(26,27)20(30,31)19(28,29)17(15,24)25/h4-9H,3H2,1-2H3,(H,32,33,34). The summed E-state index contributed by atoms with van der Waals surface area (Å²) in [4.78, 5) is 15.7. The Hall–Kier alpha value is -2.45. The van der Waals surface area contributed by atoms with Gasteiger partial charge in [-0.25, -0.2) is 9.37 Å². The first kappa shape index (κ1) is 27.1. The van der Waals surface area contributed by atoms with Crippen molar-refractivity contribution in [2.75, 3.05) is 5.32 Å². The lowest BCUT2D eigenvalue weighted by molar-refractivity contribution is -0.475. The molecule has 3 rings (SSSR count). The van der Waals surface area contributed by atoms with Gasteiger partial charge in [-0.05, 0) is 17.9 Å². The number of carbonyl (C=O) groups excluding carboxylic acids is 1. The third-order valence-electron chi connectivity index (χ3n) is 5.87. The lowest BCUT2D eigenvalue weighted by Crippen LogP contribution is -2.86. The Morgan fingerprint density at radius 2 is 1.31 bits per heavy atom. The van der Waals surface area contributed by atoms with E-state index < -0.39 is 46.3 Å². The van der Waals surface area contributed by atoms with Crippen LogP contribution in [0.15, 0.2) is 29.6 Å². The Morgan fingerprint density at radius 1 is 0.857 bits per heavy atom. The van der Waals surface area contributed by atoms with Gasteiger partial charge in [-0.3, -0.25) is 10.1 Å². The zero-order chi connectivity index (χ0) is 26.8. The van der Waals surface area contributed by atoms with Gasteiger partial charge in [0.15, 0.2) is 5.13 Å². The van der Waals surface area contributed by atoms with Gasteiger partial charge in [-0.1, -0.05) is 38.1 Å². The zero-order valence-electron chi connectivity index (χ0n) is 17.6. The molecule has 1 aliphatic carbocycles. The van der Waals surface area contributed by atoms with Crippen LogP contribution in [0.2, 0.25) is 0 Å². The van der Waals surface area contributed by atoms with Crippen LogP contribution < -0.4 is 5.32 Å². The summed E-state index contributed by atoms with van der Waals surface area (Å²) in [7, 11) is 0. The molecule has 1 aromatic carbocycles. The number of rotatable bonds is 5. The van der Waals surface area contributed by atoms with Gasteiger partial charge in [-0.2, -0.15) is 43.9 Å². The molecule has 1 heterocycles. The normalized spacial score (nSPS) is 23.9. The van der Waals surface area contributed by atoms with Gasteiger partial charge in [-0.15, -0.1) is 11.3 Å². The molecule has 1 N–H and O–H groups in total. The van der Waals surface area contributed by atoms with Crippen molar-refractivity contribution in [3.8, 4) is 11.3 Å². The minimum absolute atomic E-state index is 0.00160. The fraction of sp³-hybridized carbons (Fsp3) is 0.500. The van der Waals surface area contributed by atoms with Crippen LogP contribution in [0.3, 0.4) is 0 Å². The van der Waals surface area contributed by atoms with E-state index in [0.29, 0.717) is 16.9 Å². The van der Waals surface area contributed by atoms with Crippen molar-refractivity contribution in [3.05, 3.63) is 35.2 Å². The number of hydrogen-bond acceptors (Lipinski definition) is 3. The van der Waals surface area contributed by atoms with E-state index in [0.717, 1.165) is 22.7 Å². The minimum atomic E-state index is -7.39. The predicted molar refractivity (Wildman–Crippen MR) is 103 cm³/mol. The highest BCUT2D eigenvalue weighted by Gasteiger charge is 3.02. The highest BCUT2D eigenvalue weighted by molar-refractivity contribution is 7.14. The molecule has 0 saturated heterocycles. The summed E-state index contributed by atoms with van der Waals surface area (Å²) in [6.45, 7) is 3.88. The SMILES string of the molecule is CCC(C)c1ccc(-c2csc(NC(=O)C3(F)C(F)(F)C(F)(F)C(F)(F)C(F)(F)C3(F)F)n2)cc1. The molecule has 1 saturated carbocycles. The molecule has 15 heteroatoms. The summed E-state index contributed by atoms with van der Waals surface area (Å²) in [5, 5.41) is 1.24. The van der Waals surface area contributed by atoms with Crippen LogP contribution in [0.4, 0.5) is 53.4 Å². The smallest absolute Gasteiger partial charge is 0.299 e. The van der Waals surface area contributed by atoms with E-state index in [2.05, 4.69) is 4.98 Å². The van der Waals surface area contributed by atoms with Crippen molar-refractivity contribution >= 4 is 22.4 Å². The molecule has 1 atom stereocenters. The second kappa shape index (κ2) is 8.03. The number of alkyl halides is 11. The van der Waals surface area contributed by atoms with Crippen LogP contribution in [-0.4, -0.2) is 46.2 Å². The van der Waals surface area contributed by atoms with Crippen molar-refractivity contribution in [2.45, 2.75) is 61.5 Å². The number of nitrogens with zero attached hydrogens (tertiary/aromatic N) is 1. The molecule has 1 fully saturated rings. The zero-order valence-corrected chi connectivity index (χ0v) is 18.4. The van der Waals surface area contributed by atoms with E-state index >= 15 is 0 Å². The van der Waals surface area contributed by atoms with Crippen LogP contribution in [0.25, 0.3) is 11.3 Å². The summed E-state index contributed by atoms with van der Waals surface area (Å²) < 4.78 is 152. The maximum absolute atomic E-state index is 14.8. The molecule has 0 aliphatic heterocycles. The average molecular weight is 540 g/mol. The fourth-order valence-electron chi connectivity index (χ4n) is 3.37. The maximum atomic E-state index is 14.8. The number of nitrogens with one attached hydrogen (secondary N) is 1. The summed E-state index contributed by atoms with van der Waals surface area (Å²) in [5.41, 5.74) is -5.48. The topological polar surface area (TPSA) is 42.0 Å². The Kier molecular flexibility index (Phi) is 6.23. The number of halogens is 11. The van der Waals surface area contributed by atoms with Crippen molar-refractivity contribution in [3.63, 3.8) is 0 Å². The van der Waals surface area contributed by atoms with Gasteiger partial charge in [0.25, 0.3) is 5.91 Å². The second-order valence-corrected chi connectivity index (χ2v) is 8.81. The summed E-state index contributed by atoms with van der Waals surface area (Å²) >= 11 is 0.328. The first-order chi connectivity index (χ1) is 15.8. The van der Waals surface area contributed by atoms with Gasteiger partial charge in [0.1, 0.15) is 0 Å². The monoisotopic (exact) mass is 540 g/mol. The Balaban J connectivity index is 1.97. The van der Waals surface area contributed by atoms with Crippen molar-refractivity contribution in [1.82, 2.24) is 4.98 Å². The molecule has 1 amide bonds. The number of hydrogen-bond donors (Lipinski definition) is 1. The number of benzene rings is 1. The molecule has 3 nitrogen and oxygen atoms in total. The molecular formula is C20H15F11N2OS. The lowest BCUT2D eigenvalue weighted by Gasteiger charge is -2.51. The molecule has 0 radical (unpaired) electrons. The number of amides is 1. The highest BCUT2D eigenvalue weighted by atomic mass is 32.1. The third-order valence-corrected chi connectivity index (χ3v) is 6.63. The summed E-state index contributed by atoms with van der Waals surface area (Å²) in [6, 6.07) is 6.49. The first-order valence-corrected chi connectivity index (χ1v) is 10.6. The van der Waals surface area contributed by atoms with Crippen LogP contribution in [0, 0.1) is 0 Å². The molecule has 2 aromatic rings. The van der Waals surface area contributed by atoms with Crippen molar-refractivity contribution in [2.24, 2.45) is 0 Å². The van der Waals surface area contributed by atoms with Gasteiger partial charge < -0.3 is 0 Å². The highest BCUT2D eigenvalue weighted by Crippen LogP contribution is 2.69. The lowest BCUT2D eigenvalue weighted by atomic mass is 9.71. The number of thiazole rings is 1. The van der Waals surface area contributed by atoms with Gasteiger partial charge in [0.05, 0.1) is 5.69 Å². The quantitative estimate of drug-likeness (QED) is 0.409. The van der Waals surface area contributed by atoms with E-state index in [1.54, 1.807) is 24.3 Å². The molecule has 194 valence electrons. The number of anilines is 1. The minimum Gasteiger partial charge on any atom is -0.299 e. The molecular weight excluding hydrogens is 525 g/mol. The van der Waals surface area contributed by atoms with Gasteiger partial charge in [0.2, 0.25) is 0 Å². The average Bonchev–Trinajstić information content (AvgIpc) is 3.24. The molecule has 0 bridgehead atoms. The fourth-order valence-corrected chi connectivity index (χ4v) is 4.09. The summed E-state index contributed by atoms with van der Waals surface area (Å²) in [5.74, 6) is -39.8. The van der Waals surface area contributed by atoms with Crippen molar-refractivity contribution < 1.29 is 53.1 Å². The van der Waals surface area contributed by atoms with E-state index in [9.17, 15) is 53.1 Å². The second-order valence-electron chi connectivity index (χ2n) is 7.95. The first-order valence-electron chi connectivity index (χ1n) is 9.76. The maximum Gasteiger partial charge on any atom is 0.384 e. The van der Waals surface area contributed by atoms with Crippen molar-refractivity contribution in [1.29, 1.82) is 0 Å². The molecule has 1 unspecified atom stereocenters.